The Morgan fingerprint density at radius 2 is 1.72 bits per heavy atom. The van der Waals surface area contributed by atoms with E-state index in [1.807, 2.05) is 19.1 Å². The van der Waals surface area contributed by atoms with Crippen LogP contribution >= 0.6 is 0 Å². The van der Waals surface area contributed by atoms with E-state index in [2.05, 4.69) is 20.7 Å². The molecular weight excluding hydrogens is 370 g/mol. The van der Waals surface area contributed by atoms with Crippen molar-refractivity contribution in [2.24, 2.45) is 0 Å². The average molecular weight is 387 g/mol. The van der Waals surface area contributed by atoms with Crippen molar-refractivity contribution in [3.05, 3.63) is 90.2 Å². The normalized spacial score (nSPS) is 10.5. The van der Waals surface area contributed by atoms with Crippen molar-refractivity contribution < 1.29 is 14.0 Å². The van der Waals surface area contributed by atoms with Gasteiger partial charge < -0.3 is 9.73 Å². The van der Waals surface area contributed by atoms with E-state index >= 15 is 0 Å². The van der Waals surface area contributed by atoms with Crippen LogP contribution < -0.4 is 10.6 Å². The van der Waals surface area contributed by atoms with Crippen LogP contribution in [0.4, 0.5) is 11.6 Å². The fourth-order valence-electron chi connectivity index (χ4n) is 2.77. The van der Waals surface area contributed by atoms with E-state index in [1.165, 1.54) is 12.4 Å². The molecule has 29 heavy (non-hydrogen) atoms. The molecule has 0 atom stereocenters. The molecule has 0 radical (unpaired) electrons. The lowest BCUT2D eigenvalue weighted by Crippen LogP contribution is -2.13. The number of benzene rings is 2. The van der Waals surface area contributed by atoms with Gasteiger partial charge in [-0.25, -0.2) is 9.67 Å². The van der Waals surface area contributed by atoms with Gasteiger partial charge in [-0.3, -0.25) is 14.9 Å². The van der Waals surface area contributed by atoms with Crippen molar-refractivity contribution in [2.45, 2.75) is 6.92 Å². The Bertz CT molecular complexity index is 1150. The lowest BCUT2D eigenvalue weighted by molar-refractivity contribution is 0.0988. The quantitative estimate of drug-likeness (QED) is 0.544. The Hall–Kier alpha value is -4.20. The molecule has 0 unspecified atom stereocenters. The number of anilines is 2. The number of nitrogens with one attached hydrogen (secondary N) is 2. The molecule has 2 aromatic carbocycles. The number of amides is 2. The number of furan rings is 1. The van der Waals surface area contributed by atoms with Crippen LogP contribution in [0.25, 0.3) is 5.69 Å². The number of carbonyl (C=O) groups excluding carboxylic acids is 2. The van der Waals surface area contributed by atoms with Gasteiger partial charge in [0.15, 0.2) is 5.76 Å². The minimum Gasteiger partial charge on any atom is -0.435 e. The van der Waals surface area contributed by atoms with Crippen LogP contribution in [0.5, 0.6) is 0 Å². The number of aryl methyl sites for hydroxylation is 1. The Kier molecular flexibility index (Phi) is 4.90. The molecule has 2 heterocycles. The topological polar surface area (TPSA) is 102 Å². The third-order valence-corrected chi connectivity index (χ3v) is 4.26. The van der Waals surface area contributed by atoms with Crippen molar-refractivity contribution in [3.8, 4) is 5.69 Å². The number of hydrogen-bond acceptors (Lipinski definition) is 5. The standard InChI is InChI=1S/C21H17N5O3/c1-14-4-2-3-5-17(14)20(27)25-19-11-10-18(29-19)21(28)24-15-6-8-16(9-7-15)26-13-22-12-23-26/h2-13H,1H3,(H,24,28)(H,25,27). The van der Waals surface area contributed by atoms with E-state index in [4.69, 9.17) is 4.42 Å². The molecule has 0 aliphatic rings. The highest BCUT2D eigenvalue weighted by Crippen LogP contribution is 2.18. The van der Waals surface area contributed by atoms with E-state index in [0.29, 0.717) is 11.3 Å². The van der Waals surface area contributed by atoms with Crippen molar-refractivity contribution >= 4 is 23.4 Å². The molecule has 8 nitrogen and oxygen atoms in total. The number of carbonyl (C=O) groups is 2. The molecule has 0 saturated heterocycles. The van der Waals surface area contributed by atoms with Crippen molar-refractivity contribution in [3.63, 3.8) is 0 Å². The van der Waals surface area contributed by atoms with Crippen LogP contribution in [0.15, 0.2) is 77.7 Å². The maximum absolute atomic E-state index is 12.4. The zero-order chi connectivity index (χ0) is 20.2. The molecule has 2 aromatic heterocycles. The molecule has 2 amide bonds. The first-order valence-corrected chi connectivity index (χ1v) is 8.83. The summed E-state index contributed by atoms with van der Waals surface area (Å²) in [6, 6.07) is 17.4. The first-order chi connectivity index (χ1) is 14.1. The number of aromatic nitrogens is 3. The Morgan fingerprint density at radius 1 is 0.931 bits per heavy atom. The Labute approximate surface area is 166 Å². The monoisotopic (exact) mass is 387 g/mol. The summed E-state index contributed by atoms with van der Waals surface area (Å²) in [6.07, 6.45) is 3.03. The predicted octanol–water partition coefficient (Wildman–Crippen LogP) is 3.67. The Balaban J connectivity index is 1.41. The third kappa shape index (κ3) is 4.06. The zero-order valence-electron chi connectivity index (χ0n) is 15.5. The van der Waals surface area contributed by atoms with Gasteiger partial charge in [-0.1, -0.05) is 18.2 Å². The Morgan fingerprint density at radius 3 is 2.45 bits per heavy atom. The highest BCUT2D eigenvalue weighted by atomic mass is 16.4. The van der Waals surface area contributed by atoms with Crippen molar-refractivity contribution in [1.82, 2.24) is 14.8 Å². The van der Waals surface area contributed by atoms with E-state index in [-0.39, 0.29) is 17.6 Å². The third-order valence-electron chi connectivity index (χ3n) is 4.26. The van der Waals surface area contributed by atoms with Crippen LogP contribution in [-0.4, -0.2) is 26.6 Å². The van der Waals surface area contributed by atoms with E-state index < -0.39 is 5.91 Å². The van der Waals surface area contributed by atoms with Gasteiger partial charge in [0, 0.05) is 17.3 Å². The fraction of sp³-hybridized carbons (Fsp3) is 0.0476. The maximum atomic E-state index is 12.4. The number of rotatable bonds is 5. The molecule has 2 N–H and O–H groups in total. The van der Waals surface area contributed by atoms with Gasteiger partial charge in [0.25, 0.3) is 11.8 Å². The largest absolute Gasteiger partial charge is 0.435 e. The van der Waals surface area contributed by atoms with Gasteiger partial charge in [0.2, 0.25) is 5.88 Å². The fourth-order valence-corrected chi connectivity index (χ4v) is 2.77. The zero-order valence-corrected chi connectivity index (χ0v) is 15.5. The molecule has 0 spiro atoms. The molecule has 0 saturated carbocycles. The highest BCUT2D eigenvalue weighted by molar-refractivity contribution is 6.05. The summed E-state index contributed by atoms with van der Waals surface area (Å²) in [7, 11) is 0. The first kappa shape index (κ1) is 18.2. The smallest absolute Gasteiger partial charge is 0.291 e. The minimum absolute atomic E-state index is 0.0884. The molecule has 0 aliphatic heterocycles. The summed E-state index contributed by atoms with van der Waals surface area (Å²) in [4.78, 5) is 28.7. The molecule has 4 aromatic rings. The lowest BCUT2D eigenvalue weighted by atomic mass is 10.1. The maximum Gasteiger partial charge on any atom is 0.291 e. The summed E-state index contributed by atoms with van der Waals surface area (Å²) >= 11 is 0. The van der Waals surface area contributed by atoms with Crippen molar-refractivity contribution in [2.75, 3.05) is 10.6 Å². The summed E-state index contributed by atoms with van der Waals surface area (Å²) in [5.41, 5.74) is 2.81. The summed E-state index contributed by atoms with van der Waals surface area (Å²) in [6.45, 7) is 1.85. The molecule has 8 heteroatoms. The summed E-state index contributed by atoms with van der Waals surface area (Å²) in [5.74, 6) is -0.432. The average Bonchev–Trinajstić information content (AvgIpc) is 3.41. The summed E-state index contributed by atoms with van der Waals surface area (Å²) in [5, 5.41) is 9.45. The van der Waals surface area contributed by atoms with Gasteiger partial charge in [-0.2, -0.15) is 5.10 Å². The van der Waals surface area contributed by atoms with Crippen molar-refractivity contribution in [1.29, 1.82) is 0 Å². The van der Waals surface area contributed by atoms with Crippen LogP contribution in [0.2, 0.25) is 0 Å². The minimum atomic E-state index is -0.421. The first-order valence-electron chi connectivity index (χ1n) is 8.83. The molecule has 0 fully saturated rings. The van der Waals surface area contributed by atoms with Gasteiger partial charge in [0.1, 0.15) is 12.7 Å². The van der Waals surface area contributed by atoms with Gasteiger partial charge in [-0.05, 0) is 48.9 Å². The second-order valence-electron chi connectivity index (χ2n) is 6.27. The highest BCUT2D eigenvalue weighted by Gasteiger charge is 2.15. The molecule has 4 rings (SSSR count). The summed E-state index contributed by atoms with van der Waals surface area (Å²) < 4.78 is 7.08. The van der Waals surface area contributed by atoms with Gasteiger partial charge in [0.05, 0.1) is 5.69 Å². The molecule has 144 valence electrons. The molecule has 0 bridgehead atoms. The van der Waals surface area contributed by atoms with E-state index in [9.17, 15) is 9.59 Å². The van der Waals surface area contributed by atoms with Crippen LogP contribution in [-0.2, 0) is 0 Å². The second kappa shape index (κ2) is 7.81. The SMILES string of the molecule is Cc1ccccc1C(=O)Nc1ccc(C(=O)Nc2ccc(-n3cncn3)cc2)o1. The molecular formula is C21H17N5O3. The second-order valence-corrected chi connectivity index (χ2v) is 6.27. The van der Waals surface area contributed by atoms with Crippen LogP contribution in [0, 0.1) is 6.92 Å². The van der Waals surface area contributed by atoms with E-state index in [1.54, 1.807) is 53.5 Å². The van der Waals surface area contributed by atoms with Crippen LogP contribution in [0.3, 0.4) is 0 Å². The lowest BCUT2D eigenvalue weighted by Gasteiger charge is -2.06. The van der Waals surface area contributed by atoms with Crippen LogP contribution in [0.1, 0.15) is 26.5 Å². The van der Waals surface area contributed by atoms with Gasteiger partial charge in [-0.15, -0.1) is 0 Å². The molecule has 0 aliphatic carbocycles. The van der Waals surface area contributed by atoms with Gasteiger partial charge >= 0.3 is 0 Å². The number of hydrogen-bond donors (Lipinski definition) is 2. The van der Waals surface area contributed by atoms with E-state index in [0.717, 1.165) is 11.3 Å². The number of nitrogens with zero attached hydrogens (tertiary/aromatic N) is 3. The predicted molar refractivity (Wildman–Crippen MR) is 107 cm³/mol.